The summed E-state index contributed by atoms with van der Waals surface area (Å²) in [5, 5.41) is 11.1. The summed E-state index contributed by atoms with van der Waals surface area (Å²) >= 11 is 0. The molecule has 0 aromatic heterocycles. The standard InChI is InChI=1S/C20H24N2O4/c1-20(2)17-10-8-16(22(24)25)9-11-18(17)21(19(20)23)12-13-26-14-15-6-4-3-5-7-15/h3-7,9,11,16H,8,10,12-14H2,1-2H3. The minimum Gasteiger partial charge on any atom is -0.375 e. The average Bonchev–Trinajstić information content (AvgIpc) is 2.79. The highest BCUT2D eigenvalue weighted by molar-refractivity contribution is 5.91. The highest BCUT2D eigenvalue weighted by Gasteiger charge is 2.45. The second-order valence-electron chi connectivity index (χ2n) is 7.23. The van der Waals surface area contributed by atoms with Gasteiger partial charge in [-0.05, 0) is 43.6 Å². The fourth-order valence-corrected chi connectivity index (χ4v) is 3.60. The lowest BCUT2D eigenvalue weighted by atomic mass is 9.82. The van der Waals surface area contributed by atoms with E-state index in [0.717, 1.165) is 16.8 Å². The Labute approximate surface area is 153 Å². The van der Waals surface area contributed by atoms with Gasteiger partial charge in [0.1, 0.15) is 0 Å². The molecule has 0 saturated heterocycles. The SMILES string of the molecule is CC1(C)C(=O)N(CCOCc2ccccc2)C2=C1CCC([N+](=O)[O-])C=C2. The van der Waals surface area contributed by atoms with Crippen LogP contribution in [0.3, 0.4) is 0 Å². The molecule has 0 fully saturated rings. The third-order valence-corrected chi connectivity index (χ3v) is 5.14. The number of nitro groups is 1. The van der Waals surface area contributed by atoms with Crippen LogP contribution in [0.25, 0.3) is 0 Å². The molecule has 1 atom stereocenters. The van der Waals surface area contributed by atoms with Gasteiger partial charge in [-0.2, -0.15) is 0 Å². The van der Waals surface area contributed by atoms with Gasteiger partial charge in [-0.15, -0.1) is 0 Å². The van der Waals surface area contributed by atoms with E-state index in [1.807, 2.05) is 44.2 Å². The molecule has 0 saturated carbocycles. The first-order chi connectivity index (χ1) is 12.4. The molecule has 26 heavy (non-hydrogen) atoms. The van der Waals surface area contributed by atoms with E-state index in [9.17, 15) is 14.9 Å². The van der Waals surface area contributed by atoms with Crippen molar-refractivity contribution in [2.24, 2.45) is 5.41 Å². The number of benzene rings is 1. The van der Waals surface area contributed by atoms with Crippen molar-refractivity contribution in [3.63, 3.8) is 0 Å². The quantitative estimate of drug-likeness (QED) is 0.445. The van der Waals surface area contributed by atoms with Crippen LogP contribution in [-0.2, 0) is 16.1 Å². The number of hydrogen-bond donors (Lipinski definition) is 0. The highest BCUT2D eigenvalue weighted by Crippen LogP contribution is 2.44. The first kappa shape index (κ1) is 18.3. The summed E-state index contributed by atoms with van der Waals surface area (Å²) in [6.45, 7) is 5.16. The molecule has 3 rings (SSSR count). The van der Waals surface area contributed by atoms with E-state index in [0.29, 0.717) is 32.6 Å². The van der Waals surface area contributed by atoms with Crippen molar-refractivity contribution < 1.29 is 14.5 Å². The molecule has 1 unspecified atom stereocenters. The number of hydrogen-bond acceptors (Lipinski definition) is 4. The molecule has 6 heteroatoms. The van der Waals surface area contributed by atoms with Gasteiger partial charge >= 0.3 is 0 Å². The Morgan fingerprint density at radius 3 is 2.73 bits per heavy atom. The number of allylic oxidation sites excluding steroid dienone is 1. The largest absolute Gasteiger partial charge is 0.375 e. The third kappa shape index (κ3) is 3.55. The number of nitrogens with zero attached hydrogens (tertiary/aromatic N) is 2. The van der Waals surface area contributed by atoms with Gasteiger partial charge in [0.15, 0.2) is 0 Å². The minimum atomic E-state index is -0.692. The van der Waals surface area contributed by atoms with Crippen molar-refractivity contribution in [2.75, 3.05) is 13.2 Å². The van der Waals surface area contributed by atoms with E-state index in [1.165, 1.54) is 0 Å². The van der Waals surface area contributed by atoms with Crippen molar-refractivity contribution >= 4 is 5.91 Å². The smallest absolute Gasteiger partial charge is 0.236 e. The van der Waals surface area contributed by atoms with Gasteiger partial charge in [0.2, 0.25) is 11.9 Å². The zero-order valence-electron chi connectivity index (χ0n) is 15.2. The summed E-state index contributed by atoms with van der Waals surface area (Å²) in [5.41, 5.74) is 2.27. The molecule has 1 aromatic rings. The number of ether oxygens (including phenoxy) is 1. The first-order valence-electron chi connectivity index (χ1n) is 8.90. The molecular weight excluding hydrogens is 332 g/mol. The van der Waals surface area contributed by atoms with Crippen LogP contribution in [0.15, 0.2) is 53.8 Å². The molecule has 2 aliphatic rings. The zero-order chi connectivity index (χ0) is 18.7. The number of carbonyl (C=O) groups excluding carboxylic acids is 1. The fraction of sp³-hybridized carbons (Fsp3) is 0.450. The van der Waals surface area contributed by atoms with Crippen molar-refractivity contribution in [2.45, 2.75) is 39.3 Å². The number of rotatable bonds is 6. The molecule has 1 aliphatic carbocycles. The Bertz CT molecular complexity index is 752. The van der Waals surface area contributed by atoms with Crippen molar-refractivity contribution in [3.8, 4) is 0 Å². The van der Waals surface area contributed by atoms with Gasteiger partial charge < -0.3 is 9.64 Å². The van der Waals surface area contributed by atoms with Crippen molar-refractivity contribution in [3.05, 3.63) is 69.4 Å². The summed E-state index contributed by atoms with van der Waals surface area (Å²) in [4.78, 5) is 25.4. The van der Waals surface area contributed by atoms with E-state index < -0.39 is 11.5 Å². The lowest BCUT2D eigenvalue weighted by molar-refractivity contribution is -0.510. The van der Waals surface area contributed by atoms with Crippen LogP contribution < -0.4 is 0 Å². The Hall–Kier alpha value is -2.47. The topological polar surface area (TPSA) is 72.7 Å². The Morgan fingerprint density at radius 2 is 2.04 bits per heavy atom. The minimum absolute atomic E-state index is 0.0371. The normalized spacial score (nSPS) is 21.7. The number of amides is 1. The molecule has 0 N–H and O–H groups in total. The van der Waals surface area contributed by atoms with Crippen LogP contribution in [0, 0.1) is 15.5 Å². The van der Waals surface area contributed by atoms with E-state index >= 15 is 0 Å². The van der Waals surface area contributed by atoms with E-state index in [-0.39, 0.29) is 10.8 Å². The van der Waals surface area contributed by atoms with Gasteiger partial charge in [0, 0.05) is 23.6 Å². The summed E-state index contributed by atoms with van der Waals surface area (Å²) in [6.07, 6.45) is 4.35. The highest BCUT2D eigenvalue weighted by atomic mass is 16.6. The summed E-state index contributed by atoms with van der Waals surface area (Å²) in [7, 11) is 0. The van der Waals surface area contributed by atoms with Crippen LogP contribution in [0.5, 0.6) is 0 Å². The summed E-state index contributed by atoms with van der Waals surface area (Å²) < 4.78 is 5.72. The van der Waals surface area contributed by atoms with Gasteiger partial charge in [-0.25, -0.2) is 0 Å². The molecule has 1 aromatic carbocycles. The van der Waals surface area contributed by atoms with Gasteiger partial charge in [-0.3, -0.25) is 14.9 Å². The first-order valence-corrected chi connectivity index (χ1v) is 8.90. The van der Waals surface area contributed by atoms with Gasteiger partial charge in [0.05, 0.1) is 18.6 Å². The average molecular weight is 356 g/mol. The lowest BCUT2D eigenvalue weighted by Crippen LogP contribution is -2.35. The molecule has 1 aliphatic heterocycles. The third-order valence-electron chi connectivity index (χ3n) is 5.14. The van der Waals surface area contributed by atoms with Crippen molar-refractivity contribution in [1.82, 2.24) is 4.90 Å². The Kier molecular flexibility index (Phi) is 5.23. The van der Waals surface area contributed by atoms with Gasteiger partial charge in [-0.1, -0.05) is 30.3 Å². The van der Waals surface area contributed by atoms with Crippen LogP contribution in [0.4, 0.5) is 0 Å². The second kappa shape index (κ2) is 7.41. The van der Waals surface area contributed by atoms with E-state index in [2.05, 4.69) is 0 Å². The summed E-state index contributed by atoms with van der Waals surface area (Å²) in [5.74, 6) is 0.0371. The zero-order valence-corrected chi connectivity index (χ0v) is 15.2. The van der Waals surface area contributed by atoms with Crippen LogP contribution in [0.1, 0.15) is 32.3 Å². The van der Waals surface area contributed by atoms with Crippen LogP contribution in [-0.4, -0.2) is 34.9 Å². The predicted molar refractivity (Wildman–Crippen MR) is 97.8 cm³/mol. The molecular formula is C20H24N2O4. The lowest BCUT2D eigenvalue weighted by Gasteiger charge is -2.23. The van der Waals surface area contributed by atoms with Crippen LogP contribution in [0.2, 0.25) is 0 Å². The molecule has 0 bridgehead atoms. The predicted octanol–water partition coefficient (Wildman–Crippen LogP) is 3.32. The van der Waals surface area contributed by atoms with Crippen LogP contribution >= 0.6 is 0 Å². The maximum atomic E-state index is 12.8. The number of carbonyl (C=O) groups is 1. The Balaban J connectivity index is 1.67. The van der Waals surface area contributed by atoms with E-state index in [1.54, 1.807) is 17.1 Å². The molecule has 138 valence electrons. The molecule has 1 heterocycles. The van der Waals surface area contributed by atoms with Gasteiger partial charge in [0.25, 0.3) is 0 Å². The second-order valence-corrected chi connectivity index (χ2v) is 7.23. The maximum Gasteiger partial charge on any atom is 0.236 e. The monoisotopic (exact) mass is 356 g/mol. The van der Waals surface area contributed by atoms with E-state index in [4.69, 9.17) is 4.74 Å². The van der Waals surface area contributed by atoms with Crippen molar-refractivity contribution in [1.29, 1.82) is 0 Å². The maximum absolute atomic E-state index is 12.8. The molecule has 0 radical (unpaired) electrons. The molecule has 1 amide bonds. The fourth-order valence-electron chi connectivity index (χ4n) is 3.60. The Morgan fingerprint density at radius 1 is 1.31 bits per heavy atom. The molecule has 0 spiro atoms. The molecule has 6 nitrogen and oxygen atoms in total. The summed E-state index contributed by atoms with van der Waals surface area (Å²) in [6, 6.07) is 9.18.